The summed E-state index contributed by atoms with van der Waals surface area (Å²) in [6, 6.07) is 8.06. The van der Waals surface area contributed by atoms with Gasteiger partial charge in [0.1, 0.15) is 5.75 Å². The minimum Gasteiger partial charge on any atom is -0.497 e. The maximum absolute atomic E-state index is 12.8. The van der Waals surface area contributed by atoms with Crippen LogP contribution in [-0.2, 0) is 16.1 Å². The van der Waals surface area contributed by atoms with Crippen molar-refractivity contribution < 1.29 is 19.4 Å². The highest BCUT2D eigenvalue weighted by Crippen LogP contribution is 2.59. The van der Waals surface area contributed by atoms with E-state index in [9.17, 15) is 14.7 Å². The van der Waals surface area contributed by atoms with Crippen LogP contribution in [0.5, 0.6) is 5.75 Å². The minimum atomic E-state index is -0.857. The summed E-state index contributed by atoms with van der Waals surface area (Å²) < 4.78 is 5.19. The highest BCUT2D eigenvalue weighted by Gasteiger charge is 2.66. The predicted octanol–water partition coefficient (Wildman–Crippen LogP) is 2.09. The second-order valence-electron chi connectivity index (χ2n) is 7.92. The van der Waals surface area contributed by atoms with Crippen molar-refractivity contribution in [3.05, 3.63) is 29.8 Å². The molecule has 1 saturated carbocycles. The third-order valence-electron chi connectivity index (χ3n) is 5.82. The van der Waals surface area contributed by atoms with Crippen molar-refractivity contribution in [2.24, 2.45) is 17.3 Å². The van der Waals surface area contributed by atoms with Crippen LogP contribution in [0.1, 0.15) is 25.8 Å². The molecule has 1 aliphatic heterocycles. The summed E-state index contributed by atoms with van der Waals surface area (Å²) in [7, 11) is 1.66. The van der Waals surface area contributed by atoms with Crippen LogP contribution in [0.25, 0.3) is 0 Å². The number of benzene rings is 1. The van der Waals surface area contributed by atoms with E-state index in [2.05, 4.69) is 17.0 Å². The van der Waals surface area contributed by atoms with Gasteiger partial charge in [0.2, 0.25) is 5.91 Å². The van der Waals surface area contributed by atoms with Gasteiger partial charge in [-0.2, -0.15) is 0 Å². The smallest absolute Gasteiger partial charge is 0.307 e. The van der Waals surface area contributed by atoms with E-state index in [1.165, 1.54) is 5.56 Å². The van der Waals surface area contributed by atoms with Crippen molar-refractivity contribution >= 4 is 11.9 Å². The van der Waals surface area contributed by atoms with Crippen molar-refractivity contribution in [2.45, 2.75) is 26.8 Å². The number of methoxy groups -OCH3 is 1. The molecule has 2 aliphatic rings. The van der Waals surface area contributed by atoms with E-state index in [0.717, 1.165) is 31.8 Å². The van der Waals surface area contributed by atoms with Gasteiger partial charge in [-0.15, -0.1) is 0 Å². The van der Waals surface area contributed by atoms with Crippen LogP contribution in [0.15, 0.2) is 24.3 Å². The lowest BCUT2D eigenvalue weighted by atomic mass is 10.1. The Morgan fingerprint density at radius 2 is 1.81 bits per heavy atom. The molecule has 0 bridgehead atoms. The average molecular weight is 360 g/mol. The van der Waals surface area contributed by atoms with E-state index < -0.39 is 17.3 Å². The molecule has 1 aliphatic carbocycles. The van der Waals surface area contributed by atoms with Crippen LogP contribution in [0.2, 0.25) is 0 Å². The molecule has 1 aromatic carbocycles. The fourth-order valence-electron chi connectivity index (χ4n) is 4.09. The lowest BCUT2D eigenvalue weighted by Gasteiger charge is -2.22. The molecule has 0 unspecified atom stereocenters. The SMILES string of the molecule is COc1ccc(CN2CCCN(C(=O)[C@@H]3[C@H](C(=O)O)C3(C)C)CC2)cc1. The molecule has 26 heavy (non-hydrogen) atoms. The first-order valence-electron chi connectivity index (χ1n) is 9.21. The number of amides is 1. The molecule has 142 valence electrons. The van der Waals surface area contributed by atoms with E-state index in [4.69, 9.17) is 4.74 Å². The van der Waals surface area contributed by atoms with E-state index >= 15 is 0 Å². The molecule has 1 saturated heterocycles. The van der Waals surface area contributed by atoms with E-state index in [1.54, 1.807) is 7.11 Å². The van der Waals surface area contributed by atoms with Crippen LogP contribution in [-0.4, -0.2) is 60.1 Å². The average Bonchev–Trinajstić information content (AvgIpc) is 3.26. The zero-order chi connectivity index (χ0) is 18.9. The number of carbonyl (C=O) groups is 2. The van der Waals surface area contributed by atoms with Crippen molar-refractivity contribution in [1.82, 2.24) is 9.80 Å². The molecule has 1 amide bonds. The van der Waals surface area contributed by atoms with Crippen LogP contribution >= 0.6 is 0 Å². The molecule has 3 rings (SSSR count). The van der Waals surface area contributed by atoms with Crippen molar-refractivity contribution in [1.29, 1.82) is 0 Å². The van der Waals surface area contributed by atoms with Gasteiger partial charge in [-0.05, 0) is 29.5 Å². The van der Waals surface area contributed by atoms with Gasteiger partial charge in [0.25, 0.3) is 0 Å². The normalized spacial score (nSPS) is 25.4. The molecule has 6 nitrogen and oxygen atoms in total. The number of hydrogen-bond donors (Lipinski definition) is 1. The zero-order valence-corrected chi connectivity index (χ0v) is 15.8. The van der Waals surface area contributed by atoms with Crippen LogP contribution in [0.4, 0.5) is 0 Å². The monoisotopic (exact) mass is 360 g/mol. The molecule has 0 spiro atoms. The van der Waals surface area contributed by atoms with E-state index in [0.29, 0.717) is 13.1 Å². The summed E-state index contributed by atoms with van der Waals surface area (Å²) in [6.07, 6.45) is 0.910. The highest BCUT2D eigenvalue weighted by molar-refractivity contribution is 5.91. The summed E-state index contributed by atoms with van der Waals surface area (Å²) in [5, 5.41) is 9.32. The summed E-state index contributed by atoms with van der Waals surface area (Å²) in [6.45, 7) is 7.71. The standard InChI is InChI=1S/C20H28N2O4/c1-20(2)16(17(20)19(24)25)18(23)22-10-4-9-21(11-12-22)13-14-5-7-15(26-3)8-6-14/h5-8,16-17H,4,9-13H2,1-3H3,(H,24,25)/t16-,17+/m0/s1. The first-order chi connectivity index (χ1) is 12.3. The summed E-state index contributed by atoms with van der Waals surface area (Å²) in [4.78, 5) is 28.4. The van der Waals surface area contributed by atoms with Crippen LogP contribution in [0.3, 0.4) is 0 Å². The topological polar surface area (TPSA) is 70.1 Å². The number of aliphatic carboxylic acids is 1. The number of carbonyl (C=O) groups excluding carboxylic acids is 1. The Hall–Kier alpha value is -2.08. The molecule has 1 N–H and O–H groups in total. The third-order valence-corrected chi connectivity index (χ3v) is 5.82. The molecular formula is C20H28N2O4. The molecule has 2 fully saturated rings. The Bertz CT molecular complexity index is 671. The first kappa shape index (κ1) is 18.7. The molecular weight excluding hydrogens is 332 g/mol. The van der Waals surface area contributed by atoms with Gasteiger partial charge in [0.05, 0.1) is 18.9 Å². The van der Waals surface area contributed by atoms with Gasteiger partial charge in [0.15, 0.2) is 0 Å². The fourth-order valence-corrected chi connectivity index (χ4v) is 4.09. The Balaban J connectivity index is 1.56. The predicted molar refractivity (Wildman–Crippen MR) is 97.9 cm³/mol. The maximum Gasteiger partial charge on any atom is 0.307 e. The summed E-state index contributed by atoms with van der Waals surface area (Å²) in [5.74, 6) is -0.929. The number of rotatable bonds is 5. The summed E-state index contributed by atoms with van der Waals surface area (Å²) in [5.41, 5.74) is 0.790. The Labute approximate surface area is 154 Å². The fraction of sp³-hybridized carbons (Fsp3) is 0.600. The number of ether oxygens (including phenoxy) is 1. The highest BCUT2D eigenvalue weighted by atomic mass is 16.5. The minimum absolute atomic E-state index is 0.00805. The number of hydrogen-bond acceptors (Lipinski definition) is 4. The zero-order valence-electron chi connectivity index (χ0n) is 15.8. The van der Waals surface area contributed by atoms with E-state index in [1.807, 2.05) is 30.9 Å². The lowest BCUT2D eigenvalue weighted by Crippen LogP contribution is -2.37. The number of carboxylic acids is 1. The molecule has 0 radical (unpaired) electrons. The maximum atomic E-state index is 12.8. The molecule has 2 atom stereocenters. The second kappa shape index (κ2) is 7.27. The lowest BCUT2D eigenvalue weighted by molar-refractivity contribution is -0.142. The third kappa shape index (κ3) is 3.70. The van der Waals surface area contributed by atoms with Gasteiger partial charge in [-0.1, -0.05) is 26.0 Å². The van der Waals surface area contributed by atoms with Crippen LogP contribution in [0, 0.1) is 17.3 Å². The van der Waals surface area contributed by atoms with Crippen molar-refractivity contribution in [3.8, 4) is 5.75 Å². The molecule has 1 aromatic rings. The van der Waals surface area contributed by atoms with Gasteiger partial charge < -0.3 is 14.7 Å². The van der Waals surface area contributed by atoms with Gasteiger partial charge in [-0.3, -0.25) is 14.5 Å². The second-order valence-corrected chi connectivity index (χ2v) is 7.92. The van der Waals surface area contributed by atoms with Crippen LogP contribution < -0.4 is 4.74 Å². The number of nitrogens with zero attached hydrogens (tertiary/aromatic N) is 2. The van der Waals surface area contributed by atoms with Gasteiger partial charge in [-0.25, -0.2) is 0 Å². The van der Waals surface area contributed by atoms with E-state index in [-0.39, 0.29) is 11.8 Å². The molecule has 6 heteroatoms. The largest absolute Gasteiger partial charge is 0.497 e. The summed E-state index contributed by atoms with van der Waals surface area (Å²) >= 11 is 0. The Morgan fingerprint density at radius 3 is 2.38 bits per heavy atom. The van der Waals surface area contributed by atoms with Crippen molar-refractivity contribution in [2.75, 3.05) is 33.3 Å². The van der Waals surface area contributed by atoms with Gasteiger partial charge >= 0.3 is 5.97 Å². The first-order valence-corrected chi connectivity index (χ1v) is 9.21. The van der Waals surface area contributed by atoms with Gasteiger partial charge in [0, 0.05) is 32.7 Å². The Kier molecular flexibility index (Phi) is 5.23. The molecule has 1 heterocycles. The Morgan fingerprint density at radius 1 is 1.12 bits per heavy atom. The quantitative estimate of drug-likeness (QED) is 0.871. The number of carboxylic acid groups (broad SMARTS) is 1. The molecule has 0 aromatic heterocycles. The van der Waals surface area contributed by atoms with Crippen molar-refractivity contribution in [3.63, 3.8) is 0 Å².